The lowest BCUT2D eigenvalue weighted by Gasteiger charge is -2.31. The van der Waals surface area contributed by atoms with Crippen LogP contribution in [0.4, 0.5) is 5.69 Å². The quantitative estimate of drug-likeness (QED) is 0.439. The SMILES string of the molecule is CC(Sc1nc(-c2ccco2)c(-c2ccco2)[nH]1)C(=O)N1CCCc2ccccc21. The van der Waals surface area contributed by atoms with Gasteiger partial charge >= 0.3 is 0 Å². The Bertz CT molecular complexity index is 1100. The number of anilines is 1. The number of aromatic amines is 1. The fraction of sp³-hybridized carbons (Fsp3) is 0.217. The number of para-hydroxylation sites is 1. The van der Waals surface area contributed by atoms with E-state index in [0.717, 1.165) is 30.8 Å². The number of thioether (sulfide) groups is 1. The Kier molecular flexibility index (Phi) is 4.96. The van der Waals surface area contributed by atoms with Crippen molar-refractivity contribution < 1.29 is 13.6 Å². The largest absolute Gasteiger partial charge is 0.463 e. The third kappa shape index (κ3) is 3.45. The van der Waals surface area contributed by atoms with Gasteiger partial charge in [-0.1, -0.05) is 30.0 Å². The van der Waals surface area contributed by atoms with E-state index in [-0.39, 0.29) is 11.2 Å². The molecule has 30 heavy (non-hydrogen) atoms. The van der Waals surface area contributed by atoms with E-state index in [0.29, 0.717) is 22.4 Å². The lowest BCUT2D eigenvalue weighted by molar-refractivity contribution is -0.117. The lowest BCUT2D eigenvalue weighted by atomic mass is 10.0. The monoisotopic (exact) mass is 419 g/mol. The second-order valence-corrected chi connectivity index (χ2v) is 8.53. The van der Waals surface area contributed by atoms with Crippen molar-refractivity contribution in [1.29, 1.82) is 0 Å². The second kappa shape index (κ2) is 7.91. The van der Waals surface area contributed by atoms with Crippen molar-refractivity contribution in [1.82, 2.24) is 9.97 Å². The van der Waals surface area contributed by atoms with Gasteiger partial charge in [-0.15, -0.1) is 0 Å². The molecule has 4 heterocycles. The van der Waals surface area contributed by atoms with Gasteiger partial charge in [-0.2, -0.15) is 0 Å². The first-order valence-electron chi connectivity index (χ1n) is 9.94. The Hall–Kier alpha value is -3.19. The van der Waals surface area contributed by atoms with Gasteiger partial charge in [0.05, 0.1) is 17.8 Å². The first-order chi connectivity index (χ1) is 14.7. The summed E-state index contributed by atoms with van der Waals surface area (Å²) >= 11 is 1.41. The molecule has 1 unspecified atom stereocenters. The van der Waals surface area contributed by atoms with Gasteiger partial charge in [0, 0.05) is 12.2 Å². The summed E-state index contributed by atoms with van der Waals surface area (Å²) in [6.45, 7) is 2.67. The molecule has 3 aromatic heterocycles. The first kappa shape index (κ1) is 18.8. The summed E-state index contributed by atoms with van der Waals surface area (Å²) in [5.74, 6) is 1.40. The number of benzene rings is 1. The predicted octanol–water partition coefficient (Wildman–Crippen LogP) is 5.39. The standard InChI is InChI=1S/C23H21N3O3S/c1-15(22(27)26-12-4-8-16-7-2-3-9-17(16)26)30-23-24-20(18-10-5-13-28-18)21(25-23)19-11-6-14-29-19/h2-3,5-7,9-11,13-15H,4,8,12H2,1H3,(H,24,25). The van der Waals surface area contributed by atoms with Crippen LogP contribution in [0.15, 0.2) is 75.0 Å². The number of furan rings is 2. The van der Waals surface area contributed by atoms with Crippen LogP contribution in [0.25, 0.3) is 22.9 Å². The first-order valence-corrected chi connectivity index (χ1v) is 10.8. The predicted molar refractivity (Wildman–Crippen MR) is 116 cm³/mol. The molecule has 7 heteroatoms. The zero-order valence-corrected chi connectivity index (χ0v) is 17.3. The van der Waals surface area contributed by atoms with Gasteiger partial charge in [0.2, 0.25) is 5.91 Å². The average Bonchev–Trinajstić information content (AvgIpc) is 3.53. The van der Waals surface area contributed by atoms with Crippen molar-refractivity contribution in [2.24, 2.45) is 0 Å². The minimum absolute atomic E-state index is 0.0858. The van der Waals surface area contributed by atoms with Crippen LogP contribution in [0.5, 0.6) is 0 Å². The molecule has 1 aliphatic heterocycles. The summed E-state index contributed by atoms with van der Waals surface area (Å²) in [5.41, 5.74) is 3.65. The Morgan fingerprint density at radius 3 is 2.63 bits per heavy atom. The van der Waals surface area contributed by atoms with E-state index >= 15 is 0 Å². The van der Waals surface area contributed by atoms with Crippen LogP contribution in [0.2, 0.25) is 0 Å². The Labute approximate surface area is 178 Å². The zero-order chi connectivity index (χ0) is 20.5. The van der Waals surface area contributed by atoms with Crippen molar-refractivity contribution in [3.8, 4) is 22.9 Å². The van der Waals surface area contributed by atoms with E-state index in [1.54, 1.807) is 12.5 Å². The second-order valence-electron chi connectivity index (χ2n) is 7.20. The molecule has 1 N–H and O–H groups in total. The molecule has 1 amide bonds. The van der Waals surface area contributed by atoms with Crippen LogP contribution in [0.3, 0.4) is 0 Å². The van der Waals surface area contributed by atoms with Crippen LogP contribution in [-0.2, 0) is 11.2 Å². The van der Waals surface area contributed by atoms with Gasteiger partial charge in [0.25, 0.3) is 0 Å². The highest BCUT2D eigenvalue weighted by atomic mass is 32.2. The molecule has 6 nitrogen and oxygen atoms in total. The maximum Gasteiger partial charge on any atom is 0.240 e. The maximum atomic E-state index is 13.2. The molecule has 5 rings (SSSR count). The molecule has 1 atom stereocenters. The molecule has 0 saturated heterocycles. The number of H-pyrrole nitrogens is 1. The summed E-state index contributed by atoms with van der Waals surface area (Å²) in [7, 11) is 0. The number of hydrogen-bond acceptors (Lipinski definition) is 5. The molecule has 0 spiro atoms. The van der Waals surface area contributed by atoms with E-state index in [2.05, 4.69) is 11.1 Å². The highest BCUT2D eigenvalue weighted by Gasteiger charge is 2.28. The smallest absolute Gasteiger partial charge is 0.240 e. The van der Waals surface area contributed by atoms with Gasteiger partial charge in [0.15, 0.2) is 16.7 Å². The maximum absolute atomic E-state index is 13.2. The van der Waals surface area contributed by atoms with Crippen molar-refractivity contribution >= 4 is 23.4 Å². The van der Waals surface area contributed by atoms with Gasteiger partial charge < -0.3 is 18.7 Å². The number of carbonyl (C=O) groups excluding carboxylic acids is 1. The Balaban J connectivity index is 1.41. The van der Waals surface area contributed by atoms with Crippen molar-refractivity contribution in [2.45, 2.75) is 30.2 Å². The molecule has 4 aromatic rings. The van der Waals surface area contributed by atoms with Gasteiger partial charge in [-0.25, -0.2) is 4.98 Å². The average molecular weight is 420 g/mol. The molecule has 152 valence electrons. The van der Waals surface area contributed by atoms with E-state index in [1.807, 2.05) is 54.3 Å². The third-order valence-corrected chi connectivity index (χ3v) is 6.19. The molecule has 0 radical (unpaired) electrons. The molecule has 0 fully saturated rings. The number of aromatic nitrogens is 2. The molecule has 1 aromatic carbocycles. The van der Waals surface area contributed by atoms with Crippen molar-refractivity contribution in [3.05, 3.63) is 66.6 Å². The summed E-state index contributed by atoms with van der Waals surface area (Å²) in [6, 6.07) is 15.5. The molecular formula is C23H21N3O3S. The third-order valence-electron chi connectivity index (χ3n) is 5.22. The molecule has 0 aliphatic carbocycles. The molecule has 1 aliphatic rings. The topological polar surface area (TPSA) is 75.3 Å². The number of nitrogens with zero attached hydrogens (tertiary/aromatic N) is 2. The van der Waals surface area contributed by atoms with Crippen LogP contribution in [0, 0.1) is 0 Å². The summed E-state index contributed by atoms with van der Waals surface area (Å²) in [5, 5.41) is 0.357. The number of imidazole rings is 1. The number of hydrogen-bond donors (Lipinski definition) is 1. The number of fused-ring (bicyclic) bond motifs is 1. The van der Waals surface area contributed by atoms with Crippen molar-refractivity contribution in [3.63, 3.8) is 0 Å². The number of rotatable bonds is 5. The summed E-state index contributed by atoms with van der Waals surface area (Å²) in [4.78, 5) is 23.2. The fourth-order valence-electron chi connectivity index (χ4n) is 3.80. The van der Waals surface area contributed by atoms with E-state index in [9.17, 15) is 4.79 Å². The molecule has 0 saturated carbocycles. The minimum Gasteiger partial charge on any atom is -0.463 e. The van der Waals surface area contributed by atoms with Crippen LogP contribution in [-0.4, -0.2) is 27.7 Å². The van der Waals surface area contributed by atoms with Crippen LogP contribution in [0.1, 0.15) is 18.9 Å². The van der Waals surface area contributed by atoms with Crippen molar-refractivity contribution in [2.75, 3.05) is 11.4 Å². The number of amides is 1. The number of carbonyl (C=O) groups is 1. The summed E-state index contributed by atoms with van der Waals surface area (Å²) in [6.07, 6.45) is 5.22. The van der Waals surface area contributed by atoms with E-state index in [1.165, 1.54) is 17.3 Å². The minimum atomic E-state index is -0.295. The van der Waals surface area contributed by atoms with Gasteiger partial charge in [-0.05, 0) is 55.7 Å². The summed E-state index contributed by atoms with van der Waals surface area (Å²) < 4.78 is 11.1. The zero-order valence-electron chi connectivity index (χ0n) is 16.5. The highest BCUT2D eigenvalue weighted by Crippen LogP contribution is 2.35. The van der Waals surface area contributed by atoms with Gasteiger partial charge in [0.1, 0.15) is 11.4 Å². The van der Waals surface area contributed by atoms with Crippen LogP contribution < -0.4 is 4.90 Å². The molecule has 0 bridgehead atoms. The van der Waals surface area contributed by atoms with E-state index in [4.69, 9.17) is 13.8 Å². The Morgan fingerprint density at radius 1 is 1.10 bits per heavy atom. The highest BCUT2D eigenvalue weighted by molar-refractivity contribution is 8.00. The number of aryl methyl sites for hydroxylation is 1. The normalized spacial score (nSPS) is 14.5. The van der Waals surface area contributed by atoms with Gasteiger partial charge in [-0.3, -0.25) is 4.79 Å². The fourth-order valence-corrected chi connectivity index (χ4v) is 4.67. The Morgan fingerprint density at radius 2 is 1.87 bits per heavy atom. The van der Waals surface area contributed by atoms with Crippen LogP contribution >= 0.6 is 11.8 Å². The number of nitrogens with one attached hydrogen (secondary N) is 1. The lowest BCUT2D eigenvalue weighted by Crippen LogP contribution is -2.40. The molecular weight excluding hydrogens is 398 g/mol. The van der Waals surface area contributed by atoms with E-state index < -0.39 is 0 Å².